The van der Waals surface area contributed by atoms with Crippen molar-refractivity contribution in [2.24, 2.45) is 0 Å². The molecule has 1 amide bonds. The average Bonchev–Trinajstić information content (AvgIpc) is 2.66. The van der Waals surface area contributed by atoms with Crippen molar-refractivity contribution < 1.29 is 14.3 Å². The minimum atomic E-state index is -0.547. The van der Waals surface area contributed by atoms with Crippen LogP contribution in [-0.4, -0.2) is 32.3 Å². The first-order chi connectivity index (χ1) is 12.6. The third-order valence-electron chi connectivity index (χ3n) is 4.63. The van der Waals surface area contributed by atoms with Crippen molar-refractivity contribution >= 4 is 33.4 Å². The summed E-state index contributed by atoms with van der Waals surface area (Å²) in [6, 6.07) is 15.2. The number of carbonyl (C=O) groups excluding carboxylic acids is 1. The molecule has 138 valence electrons. The quantitative estimate of drug-likeness (QED) is 0.682. The largest absolute Gasteiger partial charge is 0.492 e. The van der Waals surface area contributed by atoms with Crippen LogP contribution in [0.15, 0.2) is 53.0 Å². The van der Waals surface area contributed by atoms with E-state index in [0.29, 0.717) is 50.0 Å². The van der Waals surface area contributed by atoms with E-state index in [1.165, 1.54) is 0 Å². The highest BCUT2D eigenvalue weighted by molar-refractivity contribution is 9.10. The van der Waals surface area contributed by atoms with Gasteiger partial charge in [0.2, 0.25) is 5.91 Å². The maximum absolute atomic E-state index is 13.0. The first kappa shape index (κ1) is 19.2. The zero-order valence-corrected chi connectivity index (χ0v) is 16.7. The summed E-state index contributed by atoms with van der Waals surface area (Å²) in [7, 11) is 0. The fraction of sp³-hybridized carbons (Fsp3) is 0.350. The van der Waals surface area contributed by atoms with Crippen molar-refractivity contribution in [2.75, 3.05) is 26.4 Å². The lowest BCUT2D eigenvalue weighted by atomic mass is 9.73. The molecule has 1 fully saturated rings. The Hall–Kier alpha value is -1.56. The smallest absolute Gasteiger partial charge is 0.230 e. The van der Waals surface area contributed by atoms with Crippen LogP contribution in [0.4, 0.5) is 0 Å². The van der Waals surface area contributed by atoms with Crippen LogP contribution in [-0.2, 0) is 14.9 Å². The van der Waals surface area contributed by atoms with Crippen LogP contribution in [0.1, 0.15) is 18.4 Å². The number of ether oxygens (including phenoxy) is 2. The van der Waals surface area contributed by atoms with Crippen LogP contribution in [0.2, 0.25) is 5.02 Å². The van der Waals surface area contributed by atoms with Crippen LogP contribution in [0.25, 0.3) is 0 Å². The Morgan fingerprint density at radius 1 is 1.19 bits per heavy atom. The number of halogens is 2. The van der Waals surface area contributed by atoms with Gasteiger partial charge in [0, 0.05) is 22.7 Å². The van der Waals surface area contributed by atoms with Crippen LogP contribution in [0.5, 0.6) is 5.75 Å². The van der Waals surface area contributed by atoms with Crippen molar-refractivity contribution in [3.63, 3.8) is 0 Å². The van der Waals surface area contributed by atoms with E-state index in [4.69, 9.17) is 21.1 Å². The monoisotopic (exact) mass is 437 g/mol. The van der Waals surface area contributed by atoms with E-state index >= 15 is 0 Å². The van der Waals surface area contributed by atoms with Crippen molar-refractivity contribution in [1.29, 1.82) is 0 Å². The molecule has 1 saturated heterocycles. The summed E-state index contributed by atoms with van der Waals surface area (Å²) in [6.07, 6.45) is 1.35. The van der Waals surface area contributed by atoms with E-state index in [9.17, 15) is 4.79 Å². The molecular formula is C20H21BrClNO3. The molecule has 1 aliphatic rings. The maximum atomic E-state index is 13.0. The number of benzene rings is 2. The van der Waals surface area contributed by atoms with E-state index in [1.54, 1.807) is 12.1 Å². The Morgan fingerprint density at radius 2 is 1.92 bits per heavy atom. The summed E-state index contributed by atoms with van der Waals surface area (Å²) in [6.45, 7) is 1.99. The SMILES string of the molecule is O=C(NCCOc1cccc(Cl)c1)C1(c2ccc(Br)cc2)CCOCC1. The lowest BCUT2D eigenvalue weighted by molar-refractivity contribution is -0.130. The summed E-state index contributed by atoms with van der Waals surface area (Å²) >= 11 is 9.39. The molecule has 26 heavy (non-hydrogen) atoms. The third-order valence-corrected chi connectivity index (χ3v) is 5.39. The van der Waals surface area contributed by atoms with Gasteiger partial charge in [-0.25, -0.2) is 0 Å². The normalized spacial score (nSPS) is 16.1. The molecule has 1 N–H and O–H groups in total. The molecule has 0 spiro atoms. The molecule has 2 aromatic rings. The number of carbonyl (C=O) groups is 1. The molecule has 1 heterocycles. The Bertz CT molecular complexity index is 745. The van der Waals surface area contributed by atoms with Crippen molar-refractivity contribution in [1.82, 2.24) is 5.32 Å². The van der Waals surface area contributed by atoms with Gasteiger partial charge < -0.3 is 14.8 Å². The van der Waals surface area contributed by atoms with Gasteiger partial charge in [0.25, 0.3) is 0 Å². The van der Waals surface area contributed by atoms with Gasteiger partial charge in [0.1, 0.15) is 12.4 Å². The molecule has 3 rings (SSSR count). The second-order valence-corrected chi connectivity index (χ2v) is 7.62. The number of amides is 1. The van der Waals surface area contributed by atoms with Crippen LogP contribution in [0.3, 0.4) is 0 Å². The number of hydrogen-bond donors (Lipinski definition) is 1. The fourth-order valence-electron chi connectivity index (χ4n) is 3.20. The first-order valence-electron chi connectivity index (χ1n) is 8.61. The second kappa shape index (κ2) is 8.89. The summed E-state index contributed by atoms with van der Waals surface area (Å²) in [5, 5.41) is 3.65. The molecule has 0 aromatic heterocycles. The van der Waals surface area contributed by atoms with Gasteiger partial charge in [-0.2, -0.15) is 0 Å². The number of rotatable bonds is 6. The minimum absolute atomic E-state index is 0.0258. The Labute approximate surface area is 167 Å². The lowest BCUT2D eigenvalue weighted by Gasteiger charge is -2.36. The molecule has 0 atom stereocenters. The van der Waals surface area contributed by atoms with Crippen molar-refractivity contribution in [3.05, 3.63) is 63.6 Å². The van der Waals surface area contributed by atoms with E-state index in [-0.39, 0.29) is 5.91 Å². The molecule has 4 nitrogen and oxygen atoms in total. The predicted molar refractivity (Wildman–Crippen MR) is 106 cm³/mol. The fourth-order valence-corrected chi connectivity index (χ4v) is 3.64. The van der Waals surface area contributed by atoms with E-state index in [2.05, 4.69) is 21.2 Å². The molecule has 1 aliphatic heterocycles. The van der Waals surface area contributed by atoms with Gasteiger partial charge in [-0.15, -0.1) is 0 Å². The maximum Gasteiger partial charge on any atom is 0.230 e. The highest BCUT2D eigenvalue weighted by atomic mass is 79.9. The molecular weight excluding hydrogens is 418 g/mol. The molecule has 2 aromatic carbocycles. The molecule has 0 bridgehead atoms. The Kier molecular flexibility index (Phi) is 6.57. The summed E-state index contributed by atoms with van der Waals surface area (Å²) in [5.41, 5.74) is 0.479. The van der Waals surface area contributed by atoms with Gasteiger partial charge in [0.15, 0.2) is 0 Å². The van der Waals surface area contributed by atoms with E-state index in [1.807, 2.05) is 36.4 Å². The standard InChI is InChI=1S/C20H21BrClNO3/c21-16-6-4-15(5-7-16)20(8-11-25-12-9-20)19(24)23-10-13-26-18-3-1-2-17(22)14-18/h1-7,14H,8-13H2,(H,23,24). The third kappa shape index (κ3) is 4.58. The first-order valence-corrected chi connectivity index (χ1v) is 9.78. The molecule has 6 heteroatoms. The predicted octanol–water partition coefficient (Wildman–Crippen LogP) is 4.35. The van der Waals surface area contributed by atoms with Gasteiger partial charge in [-0.3, -0.25) is 4.79 Å². The van der Waals surface area contributed by atoms with Gasteiger partial charge >= 0.3 is 0 Å². The van der Waals surface area contributed by atoms with Crippen LogP contribution < -0.4 is 10.1 Å². The highest BCUT2D eigenvalue weighted by Gasteiger charge is 2.41. The van der Waals surface area contributed by atoms with Gasteiger partial charge in [0.05, 0.1) is 12.0 Å². The van der Waals surface area contributed by atoms with E-state index < -0.39 is 5.41 Å². The van der Waals surface area contributed by atoms with Crippen molar-refractivity contribution in [2.45, 2.75) is 18.3 Å². The topological polar surface area (TPSA) is 47.6 Å². The summed E-state index contributed by atoms with van der Waals surface area (Å²) in [4.78, 5) is 13.0. The summed E-state index contributed by atoms with van der Waals surface area (Å²) < 4.78 is 12.1. The van der Waals surface area contributed by atoms with E-state index in [0.717, 1.165) is 10.0 Å². The number of hydrogen-bond acceptors (Lipinski definition) is 3. The lowest BCUT2D eigenvalue weighted by Crippen LogP contribution is -2.48. The molecule has 0 unspecified atom stereocenters. The molecule has 0 radical (unpaired) electrons. The van der Waals surface area contributed by atoms with Gasteiger partial charge in [-0.05, 0) is 48.7 Å². The average molecular weight is 439 g/mol. The second-order valence-electron chi connectivity index (χ2n) is 6.26. The van der Waals surface area contributed by atoms with Gasteiger partial charge in [-0.1, -0.05) is 45.7 Å². The van der Waals surface area contributed by atoms with Crippen LogP contribution in [0, 0.1) is 0 Å². The molecule has 0 saturated carbocycles. The zero-order valence-electron chi connectivity index (χ0n) is 14.3. The molecule has 0 aliphatic carbocycles. The van der Waals surface area contributed by atoms with Crippen molar-refractivity contribution in [3.8, 4) is 5.75 Å². The number of nitrogens with one attached hydrogen (secondary N) is 1. The Morgan fingerprint density at radius 3 is 2.62 bits per heavy atom. The zero-order chi connectivity index (χ0) is 18.4. The Balaban J connectivity index is 1.62. The summed E-state index contributed by atoms with van der Waals surface area (Å²) in [5.74, 6) is 0.721. The highest BCUT2D eigenvalue weighted by Crippen LogP contribution is 2.35. The van der Waals surface area contributed by atoms with Crippen LogP contribution >= 0.6 is 27.5 Å². The minimum Gasteiger partial charge on any atom is -0.492 e.